The number of nitrogens with one attached hydrogen (secondary N) is 1. The number of carbonyl (C=O) groups is 1. The largest absolute Gasteiger partial charge is 0.504 e. The van der Waals surface area contributed by atoms with Crippen LogP contribution in [0.2, 0.25) is 0 Å². The molecule has 6 nitrogen and oxygen atoms in total. The van der Waals surface area contributed by atoms with Gasteiger partial charge in [0.2, 0.25) is 0 Å². The van der Waals surface area contributed by atoms with Gasteiger partial charge in [0.1, 0.15) is 5.54 Å². The third-order valence-corrected chi connectivity index (χ3v) is 2.83. The Labute approximate surface area is 98.7 Å². The number of benzene rings is 1. The van der Waals surface area contributed by atoms with Gasteiger partial charge in [0.15, 0.2) is 11.5 Å². The molecule has 94 valence electrons. The lowest BCUT2D eigenvalue weighted by molar-refractivity contribution is -0.145. The zero-order valence-electron chi connectivity index (χ0n) is 9.47. The maximum atomic E-state index is 11.2. The minimum absolute atomic E-state index is 0.114. The van der Waals surface area contributed by atoms with E-state index >= 15 is 0 Å². The molecule has 1 rings (SSSR count). The highest BCUT2D eigenvalue weighted by Gasteiger charge is 2.35. The number of phenolic OH excluding ortho intramolecular Hbond substituents is 2. The predicted molar refractivity (Wildman–Crippen MR) is 61.5 cm³/mol. The molecule has 0 aromatic heterocycles. The van der Waals surface area contributed by atoms with Gasteiger partial charge in [-0.25, -0.2) is 5.43 Å². The molecule has 6 heteroatoms. The average molecular weight is 240 g/mol. The Morgan fingerprint density at radius 2 is 2.06 bits per heavy atom. The maximum absolute atomic E-state index is 11.2. The Kier molecular flexibility index (Phi) is 3.93. The number of aromatic hydroxyl groups is 2. The molecule has 0 unspecified atom stereocenters. The summed E-state index contributed by atoms with van der Waals surface area (Å²) in [5.41, 5.74) is 1.60. The fourth-order valence-electron chi connectivity index (χ4n) is 1.59. The van der Waals surface area contributed by atoms with Crippen LogP contribution in [0.4, 0.5) is 0 Å². The van der Waals surface area contributed by atoms with Gasteiger partial charge < -0.3 is 15.3 Å². The van der Waals surface area contributed by atoms with Crippen molar-refractivity contribution in [1.82, 2.24) is 5.43 Å². The van der Waals surface area contributed by atoms with Crippen LogP contribution in [0.3, 0.4) is 0 Å². The van der Waals surface area contributed by atoms with E-state index in [-0.39, 0.29) is 17.9 Å². The van der Waals surface area contributed by atoms with Crippen LogP contribution in [0.15, 0.2) is 18.2 Å². The summed E-state index contributed by atoms with van der Waals surface area (Å²) in [6, 6.07) is 4.17. The minimum atomic E-state index is -1.27. The molecule has 1 aromatic rings. The second-order valence-corrected chi connectivity index (χ2v) is 3.88. The Hall–Kier alpha value is -1.79. The molecule has 0 bridgehead atoms. The molecule has 0 radical (unpaired) electrons. The van der Waals surface area contributed by atoms with Gasteiger partial charge in [-0.05, 0) is 24.1 Å². The van der Waals surface area contributed by atoms with Crippen LogP contribution in [0.5, 0.6) is 11.5 Å². The van der Waals surface area contributed by atoms with Gasteiger partial charge in [0.25, 0.3) is 0 Å². The lowest BCUT2D eigenvalue weighted by Gasteiger charge is -2.27. The van der Waals surface area contributed by atoms with E-state index in [9.17, 15) is 9.90 Å². The Bertz CT molecular complexity index is 416. The highest BCUT2D eigenvalue weighted by atomic mass is 16.4. The zero-order valence-corrected chi connectivity index (χ0v) is 9.47. The molecule has 0 spiro atoms. The second-order valence-electron chi connectivity index (χ2n) is 3.88. The summed E-state index contributed by atoms with van der Waals surface area (Å²) >= 11 is 0. The van der Waals surface area contributed by atoms with Gasteiger partial charge in [-0.1, -0.05) is 13.0 Å². The van der Waals surface area contributed by atoms with Crippen molar-refractivity contribution in [3.05, 3.63) is 23.8 Å². The van der Waals surface area contributed by atoms with Crippen LogP contribution in [-0.4, -0.2) is 26.8 Å². The lowest BCUT2D eigenvalue weighted by atomic mass is 9.89. The molecule has 1 aromatic carbocycles. The Morgan fingerprint density at radius 3 is 2.47 bits per heavy atom. The molecule has 0 fully saturated rings. The van der Waals surface area contributed by atoms with Crippen LogP contribution in [-0.2, 0) is 11.2 Å². The number of rotatable bonds is 5. The first kappa shape index (κ1) is 13.3. The SMILES string of the molecule is CC[C@@](Cc1ccc(O)c(O)c1)(NN)C(=O)O. The number of hydrogen-bond donors (Lipinski definition) is 5. The van der Waals surface area contributed by atoms with Crippen molar-refractivity contribution in [2.75, 3.05) is 0 Å². The van der Waals surface area contributed by atoms with Crippen molar-refractivity contribution >= 4 is 5.97 Å². The van der Waals surface area contributed by atoms with Crippen molar-refractivity contribution in [2.24, 2.45) is 5.84 Å². The van der Waals surface area contributed by atoms with E-state index in [0.717, 1.165) is 0 Å². The first-order chi connectivity index (χ1) is 7.95. The van der Waals surface area contributed by atoms with Crippen molar-refractivity contribution in [3.63, 3.8) is 0 Å². The standard InChI is InChI=1S/C11H16N2O4/c1-2-11(13-12,10(16)17)6-7-3-4-8(14)9(15)5-7/h3-5,13-15H,2,6,12H2,1H3,(H,16,17)/t11-/m0/s1. The molecule has 17 heavy (non-hydrogen) atoms. The molecule has 0 aliphatic heterocycles. The van der Waals surface area contributed by atoms with Gasteiger partial charge in [0, 0.05) is 6.42 Å². The van der Waals surface area contributed by atoms with Crippen LogP contribution in [0.25, 0.3) is 0 Å². The van der Waals surface area contributed by atoms with E-state index in [1.165, 1.54) is 12.1 Å². The maximum Gasteiger partial charge on any atom is 0.325 e. The average Bonchev–Trinajstić information content (AvgIpc) is 2.30. The van der Waals surface area contributed by atoms with Crippen molar-refractivity contribution in [2.45, 2.75) is 25.3 Å². The number of phenols is 2. The normalized spacial score (nSPS) is 14.2. The fraction of sp³-hybridized carbons (Fsp3) is 0.364. The van der Waals surface area contributed by atoms with Crippen LogP contribution in [0.1, 0.15) is 18.9 Å². The van der Waals surface area contributed by atoms with E-state index in [2.05, 4.69) is 5.43 Å². The first-order valence-corrected chi connectivity index (χ1v) is 5.17. The number of carboxylic acids is 1. The summed E-state index contributed by atoms with van der Waals surface area (Å²) in [7, 11) is 0. The molecule has 0 aliphatic rings. The third-order valence-electron chi connectivity index (χ3n) is 2.83. The topological polar surface area (TPSA) is 116 Å². The molecule has 6 N–H and O–H groups in total. The molecular weight excluding hydrogens is 224 g/mol. The van der Waals surface area contributed by atoms with Gasteiger partial charge in [0.05, 0.1) is 0 Å². The lowest BCUT2D eigenvalue weighted by Crippen LogP contribution is -2.56. The number of carboxylic acid groups (broad SMARTS) is 1. The second kappa shape index (κ2) is 5.03. The van der Waals surface area contributed by atoms with Gasteiger partial charge >= 0.3 is 5.97 Å². The number of hydrogen-bond acceptors (Lipinski definition) is 5. The minimum Gasteiger partial charge on any atom is -0.504 e. The molecule has 1 atom stereocenters. The molecule has 0 saturated carbocycles. The summed E-state index contributed by atoms with van der Waals surface area (Å²) in [5.74, 6) is 3.71. The molecular formula is C11H16N2O4. The highest BCUT2D eigenvalue weighted by Crippen LogP contribution is 2.27. The fourth-order valence-corrected chi connectivity index (χ4v) is 1.59. The van der Waals surface area contributed by atoms with Crippen molar-refractivity contribution < 1.29 is 20.1 Å². The molecule has 0 saturated heterocycles. The Morgan fingerprint density at radius 1 is 1.41 bits per heavy atom. The number of aliphatic carboxylic acids is 1. The van der Waals surface area contributed by atoms with Crippen molar-refractivity contribution in [1.29, 1.82) is 0 Å². The van der Waals surface area contributed by atoms with Crippen LogP contribution in [0, 0.1) is 0 Å². The number of nitrogens with two attached hydrogens (primary N) is 1. The van der Waals surface area contributed by atoms with E-state index in [1.807, 2.05) is 0 Å². The Balaban J connectivity index is 3.01. The van der Waals surface area contributed by atoms with E-state index in [0.29, 0.717) is 12.0 Å². The third kappa shape index (κ3) is 2.66. The van der Waals surface area contributed by atoms with E-state index in [4.69, 9.17) is 16.1 Å². The van der Waals surface area contributed by atoms with Crippen LogP contribution >= 0.6 is 0 Å². The summed E-state index contributed by atoms with van der Waals surface area (Å²) < 4.78 is 0. The molecule has 0 heterocycles. The van der Waals surface area contributed by atoms with Crippen LogP contribution < -0.4 is 11.3 Å². The summed E-state index contributed by atoms with van der Waals surface area (Å²) in [4.78, 5) is 11.2. The molecule has 0 amide bonds. The molecule has 0 aliphatic carbocycles. The van der Waals surface area contributed by atoms with Gasteiger partial charge in [-0.2, -0.15) is 0 Å². The monoisotopic (exact) mass is 240 g/mol. The van der Waals surface area contributed by atoms with Crippen molar-refractivity contribution in [3.8, 4) is 11.5 Å². The van der Waals surface area contributed by atoms with E-state index < -0.39 is 11.5 Å². The number of hydrazine groups is 1. The quantitative estimate of drug-likeness (QED) is 0.288. The van der Waals surface area contributed by atoms with Gasteiger partial charge in [-0.3, -0.25) is 10.6 Å². The zero-order chi connectivity index (χ0) is 13.1. The summed E-state index contributed by atoms with van der Waals surface area (Å²) in [6.07, 6.45) is 0.406. The summed E-state index contributed by atoms with van der Waals surface area (Å²) in [5, 5.41) is 27.6. The van der Waals surface area contributed by atoms with E-state index in [1.54, 1.807) is 13.0 Å². The smallest absolute Gasteiger partial charge is 0.325 e. The predicted octanol–water partition coefficient (Wildman–Crippen LogP) is 0.337. The summed E-state index contributed by atoms with van der Waals surface area (Å²) in [6.45, 7) is 1.70. The van der Waals surface area contributed by atoms with Gasteiger partial charge in [-0.15, -0.1) is 0 Å². The first-order valence-electron chi connectivity index (χ1n) is 5.17. The highest BCUT2D eigenvalue weighted by molar-refractivity contribution is 5.79.